The number of carbonyl (C=O) groups excluding carboxylic acids is 1. The molecule has 3 aromatic rings. The van der Waals surface area contributed by atoms with Crippen LogP contribution >= 0.6 is 0 Å². The Kier molecular flexibility index (Phi) is 5.27. The van der Waals surface area contributed by atoms with Crippen LogP contribution in [0.4, 0.5) is 15.9 Å². The van der Waals surface area contributed by atoms with E-state index in [1.165, 1.54) is 6.07 Å². The van der Waals surface area contributed by atoms with E-state index in [2.05, 4.69) is 15.6 Å². The summed E-state index contributed by atoms with van der Waals surface area (Å²) < 4.78 is 13.6. The molecule has 2 N–H and O–H groups in total. The van der Waals surface area contributed by atoms with Crippen LogP contribution in [-0.2, 0) is 6.54 Å². The van der Waals surface area contributed by atoms with E-state index < -0.39 is 0 Å². The number of anilines is 2. The summed E-state index contributed by atoms with van der Waals surface area (Å²) in [6.45, 7) is 4.33. The quantitative estimate of drug-likeness (QED) is 0.702. The van der Waals surface area contributed by atoms with E-state index in [9.17, 15) is 9.18 Å². The highest BCUT2D eigenvalue weighted by molar-refractivity contribution is 6.04. The third-order valence-corrected chi connectivity index (χ3v) is 4.21. The van der Waals surface area contributed by atoms with Crippen LogP contribution in [-0.4, -0.2) is 10.9 Å². The number of rotatable bonds is 5. The fourth-order valence-electron chi connectivity index (χ4n) is 2.49. The first-order chi connectivity index (χ1) is 12.5. The molecule has 3 rings (SSSR count). The van der Waals surface area contributed by atoms with Gasteiger partial charge in [-0.1, -0.05) is 24.3 Å². The second-order valence-corrected chi connectivity index (χ2v) is 6.13. The van der Waals surface area contributed by atoms with E-state index >= 15 is 0 Å². The number of nitrogens with one attached hydrogen (secondary N) is 2. The minimum Gasteiger partial charge on any atom is -0.366 e. The Morgan fingerprint density at radius 1 is 1.04 bits per heavy atom. The number of hydrogen-bond donors (Lipinski definition) is 2. The number of halogens is 1. The minimum atomic E-state index is -0.253. The van der Waals surface area contributed by atoms with Crippen molar-refractivity contribution in [3.8, 4) is 0 Å². The Morgan fingerprint density at radius 3 is 2.54 bits per heavy atom. The smallest absolute Gasteiger partial charge is 0.255 e. The number of nitrogens with zero attached hydrogens (tertiary/aromatic N) is 1. The van der Waals surface area contributed by atoms with Crippen molar-refractivity contribution in [2.45, 2.75) is 20.4 Å². The highest BCUT2D eigenvalue weighted by atomic mass is 19.1. The zero-order chi connectivity index (χ0) is 18.5. The monoisotopic (exact) mass is 349 g/mol. The minimum absolute atomic E-state index is 0.179. The van der Waals surface area contributed by atoms with Gasteiger partial charge in [0, 0.05) is 17.7 Å². The summed E-state index contributed by atoms with van der Waals surface area (Å²) in [7, 11) is 0. The average molecular weight is 349 g/mol. The van der Waals surface area contributed by atoms with E-state index in [1.54, 1.807) is 42.6 Å². The molecule has 26 heavy (non-hydrogen) atoms. The molecule has 0 fully saturated rings. The summed E-state index contributed by atoms with van der Waals surface area (Å²) >= 11 is 0. The summed E-state index contributed by atoms with van der Waals surface area (Å²) in [4.78, 5) is 16.6. The van der Waals surface area contributed by atoms with Crippen LogP contribution in [0.3, 0.4) is 0 Å². The van der Waals surface area contributed by atoms with Crippen LogP contribution in [0.1, 0.15) is 27.0 Å². The van der Waals surface area contributed by atoms with Crippen molar-refractivity contribution < 1.29 is 9.18 Å². The lowest BCUT2D eigenvalue weighted by atomic mass is 10.1. The molecule has 1 aromatic heterocycles. The highest BCUT2D eigenvalue weighted by Crippen LogP contribution is 2.15. The van der Waals surface area contributed by atoms with Crippen molar-refractivity contribution in [2.75, 3.05) is 10.6 Å². The number of amides is 1. The number of aryl methyl sites for hydroxylation is 2. The van der Waals surface area contributed by atoms with Crippen LogP contribution in [0, 0.1) is 19.7 Å². The summed E-state index contributed by atoms with van der Waals surface area (Å²) in [6.07, 6.45) is 1.57. The molecule has 0 atom stereocenters. The maximum atomic E-state index is 13.6. The van der Waals surface area contributed by atoms with Gasteiger partial charge in [0.25, 0.3) is 5.91 Å². The van der Waals surface area contributed by atoms with E-state index in [-0.39, 0.29) is 11.7 Å². The summed E-state index contributed by atoms with van der Waals surface area (Å²) in [5, 5.41) is 5.89. The fraction of sp³-hybridized carbons (Fsp3) is 0.143. The zero-order valence-corrected chi connectivity index (χ0v) is 14.7. The standard InChI is InChI=1S/C21H20FN3O/c1-14-7-8-16(11-15(14)2)21(26)25-18-9-10-20(24-13-18)23-12-17-5-3-4-6-19(17)22/h3-11,13H,12H2,1-2H3,(H,23,24)(H,25,26). The number of pyridine rings is 1. The van der Waals surface area contributed by atoms with Crippen LogP contribution in [0.2, 0.25) is 0 Å². The number of aromatic nitrogens is 1. The Morgan fingerprint density at radius 2 is 1.85 bits per heavy atom. The van der Waals surface area contributed by atoms with Gasteiger partial charge in [0.2, 0.25) is 0 Å². The summed E-state index contributed by atoms with van der Waals surface area (Å²) in [6, 6.07) is 15.7. The molecular weight excluding hydrogens is 329 g/mol. The van der Waals surface area contributed by atoms with Crippen molar-refractivity contribution in [1.29, 1.82) is 0 Å². The van der Waals surface area contributed by atoms with Gasteiger partial charge in [-0.2, -0.15) is 0 Å². The molecule has 5 heteroatoms. The predicted octanol–water partition coefficient (Wildman–Crippen LogP) is 4.70. The first kappa shape index (κ1) is 17.6. The molecule has 2 aromatic carbocycles. The van der Waals surface area contributed by atoms with Gasteiger partial charge >= 0.3 is 0 Å². The van der Waals surface area contributed by atoms with E-state index in [4.69, 9.17) is 0 Å². The van der Waals surface area contributed by atoms with E-state index in [1.807, 2.05) is 26.0 Å². The SMILES string of the molecule is Cc1ccc(C(=O)Nc2ccc(NCc3ccccc3F)nc2)cc1C. The van der Waals surface area contributed by atoms with Gasteiger partial charge in [-0.25, -0.2) is 9.37 Å². The first-order valence-electron chi connectivity index (χ1n) is 8.35. The zero-order valence-electron chi connectivity index (χ0n) is 14.7. The van der Waals surface area contributed by atoms with Crippen LogP contribution in [0.25, 0.3) is 0 Å². The van der Waals surface area contributed by atoms with Gasteiger partial charge < -0.3 is 10.6 Å². The predicted molar refractivity (Wildman–Crippen MR) is 102 cm³/mol. The van der Waals surface area contributed by atoms with Crippen LogP contribution < -0.4 is 10.6 Å². The summed E-state index contributed by atoms with van der Waals surface area (Å²) in [5.74, 6) is 0.177. The lowest BCUT2D eigenvalue weighted by Crippen LogP contribution is -2.12. The molecule has 0 aliphatic heterocycles. The van der Waals surface area contributed by atoms with Crippen molar-refractivity contribution in [3.05, 3.63) is 88.9 Å². The van der Waals surface area contributed by atoms with E-state index in [0.717, 1.165) is 11.1 Å². The van der Waals surface area contributed by atoms with Gasteiger partial charge in [0.15, 0.2) is 0 Å². The van der Waals surface area contributed by atoms with Gasteiger partial charge in [0.05, 0.1) is 11.9 Å². The molecule has 0 saturated heterocycles. The molecule has 1 heterocycles. The number of benzene rings is 2. The summed E-state index contributed by atoms with van der Waals surface area (Å²) in [5.41, 5.74) is 4.00. The normalized spacial score (nSPS) is 10.4. The Hall–Kier alpha value is -3.21. The molecule has 0 saturated carbocycles. The maximum absolute atomic E-state index is 13.6. The lowest BCUT2D eigenvalue weighted by molar-refractivity contribution is 0.102. The molecule has 0 aliphatic rings. The molecular formula is C21H20FN3O. The van der Waals surface area contributed by atoms with Crippen molar-refractivity contribution in [2.24, 2.45) is 0 Å². The van der Waals surface area contributed by atoms with Crippen molar-refractivity contribution in [1.82, 2.24) is 4.98 Å². The highest BCUT2D eigenvalue weighted by Gasteiger charge is 2.08. The largest absolute Gasteiger partial charge is 0.366 e. The van der Waals surface area contributed by atoms with Gasteiger partial charge in [-0.15, -0.1) is 0 Å². The van der Waals surface area contributed by atoms with Crippen molar-refractivity contribution >= 4 is 17.4 Å². The fourth-order valence-corrected chi connectivity index (χ4v) is 2.49. The van der Waals surface area contributed by atoms with Gasteiger partial charge in [-0.05, 0) is 55.3 Å². The lowest BCUT2D eigenvalue weighted by Gasteiger charge is -2.09. The van der Waals surface area contributed by atoms with E-state index in [0.29, 0.717) is 29.2 Å². The molecule has 4 nitrogen and oxygen atoms in total. The van der Waals surface area contributed by atoms with Gasteiger partial charge in [-0.3, -0.25) is 4.79 Å². The molecule has 0 unspecified atom stereocenters. The van der Waals surface area contributed by atoms with Crippen LogP contribution in [0.5, 0.6) is 0 Å². The average Bonchev–Trinajstić information content (AvgIpc) is 2.64. The molecule has 0 radical (unpaired) electrons. The molecule has 0 aliphatic carbocycles. The topological polar surface area (TPSA) is 54.0 Å². The first-order valence-corrected chi connectivity index (χ1v) is 8.35. The molecule has 0 bridgehead atoms. The third-order valence-electron chi connectivity index (χ3n) is 4.21. The molecule has 1 amide bonds. The second kappa shape index (κ2) is 7.78. The van der Waals surface area contributed by atoms with Crippen molar-refractivity contribution in [3.63, 3.8) is 0 Å². The third kappa shape index (κ3) is 4.25. The number of carbonyl (C=O) groups is 1. The Labute approximate surface area is 152 Å². The number of hydrogen-bond acceptors (Lipinski definition) is 3. The van der Waals surface area contributed by atoms with Crippen LogP contribution in [0.15, 0.2) is 60.8 Å². The van der Waals surface area contributed by atoms with Gasteiger partial charge in [0.1, 0.15) is 11.6 Å². The Balaban J connectivity index is 1.61. The molecule has 132 valence electrons. The Bertz CT molecular complexity index is 923. The second-order valence-electron chi connectivity index (χ2n) is 6.13. The molecule has 0 spiro atoms. The maximum Gasteiger partial charge on any atom is 0.255 e.